The van der Waals surface area contributed by atoms with Gasteiger partial charge in [-0.2, -0.15) is 0 Å². The van der Waals surface area contributed by atoms with E-state index in [0.717, 1.165) is 83.3 Å². The third-order valence-electron chi connectivity index (χ3n) is 10.6. The van der Waals surface area contributed by atoms with E-state index in [9.17, 15) is 0 Å². The van der Waals surface area contributed by atoms with E-state index >= 15 is 0 Å². The van der Waals surface area contributed by atoms with Gasteiger partial charge < -0.3 is 0 Å². The maximum Gasteiger partial charge on any atom is 0.221 e. The molecule has 51 heavy (non-hydrogen) atoms. The minimum absolute atomic E-state index is 0.823. The first kappa shape index (κ1) is 26.9. The molecule has 0 unspecified atom stereocenters. The molecule has 7 aromatic carbocycles. The van der Waals surface area contributed by atoms with Crippen LogP contribution in [0.25, 0.3) is 105 Å². The molecular formula is C45H26N6. The Bertz CT molecular complexity index is 3440. The molecule has 0 fully saturated rings. The van der Waals surface area contributed by atoms with Crippen molar-refractivity contribution in [3.05, 3.63) is 158 Å². The van der Waals surface area contributed by atoms with Gasteiger partial charge in [0.05, 0.1) is 44.1 Å². The molecule has 0 saturated heterocycles. The molecule has 12 aromatic rings. The first-order valence-corrected chi connectivity index (χ1v) is 17.2. The maximum atomic E-state index is 5.33. The number of imidazole rings is 2. The standard InChI is InChI=1S/C45H26N6/c1-2-13-32-29(11-1)31-23-21-28(26-42(31)49-40-19-9-6-16-36(40)46-43(32)49)27-22-24-39-34(25-27)30-12-4-8-18-38(30)50(39)45-48-35-15-5-3-14-33(35)44-47-37-17-7-10-20-41(37)51(44)45/h1-26H. The molecule has 6 heteroatoms. The molecule has 5 heterocycles. The molecule has 5 aromatic heterocycles. The van der Waals surface area contributed by atoms with Crippen molar-refractivity contribution in [1.29, 1.82) is 0 Å². The van der Waals surface area contributed by atoms with E-state index in [2.05, 4.69) is 159 Å². The zero-order chi connectivity index (χ0) is 33.2. The fourth-order valence-electron chi connectivity index (χ4n) is 8.33. The van der Waals surface area contributed by atoms with Crippen LogP contribution < -0.4 is 0 Å². The Morgan fingerprint density at radius 1 is 0.314 bits per heavy atom. The lowest BCUT2D eigenvalue weighted by Gasteiger charge is -2.13. The summed E-state index contributed by atoms with van der Waals surface area (Å²) in [5.41, 5.74) is 12.5. The van der Waals surface area contributed by atoms with Crippen molar-refractivity contribution in [2.24, 2.45) is 0 Å². The first-order valence-electron chi connectivity index (χ1n) is 17.2. The molecule has 0 aliphatic rings. The average Bonchev–Trinajstić information content (AvgIpc) is 3.88. The second kappa shape index (κ2) is 9.77. The number of aromatic nitrogens is 6. The minimum atomic E-state index is 0.823. The highest BCUT2D eigenvalue weighted by molar-refractivity contribution is 6.15. The number of fused-ring (bicyclic) bond motifs is 16. The van der Waals surface area contributed by atoms with Gasteiger partial charge in [0.25, 0.3) is 0 Å². The van der Waals surface area contributed by atoms with Crippen LogP contribution in [0.4, 0.5) is 0 Å². The average molecular weight is 651 g/mol. The maximum absolute atomic E-state index is 5.33. The normalized spacial score (nSPS) is 12.3. The van der Waals surface area contributed by atoms with Crippen LogP contribution >= 0.6 is 0 Å². The van der Waals surface area contributed by atoms with Crippen LogP contribution in [-0.4, -0.2) is 28.3 Å². The molecule has 0 amide bonds. The lowest BCUT2D eigenvalue weighted by atomic mass is 9.99. The molecule has 0 aliphatic heterocycles. The third-order valence-corrected chi connectivity index (χ3v) is 10.6. The van der Waals surface area contributed by atoms with Gasteiger partial charge in [-0.1, -0.05) is 97.1 Å². The van der Waals surface area contributed by atoms with Gasteiger partial charge in [-0.05, 0) is 77.2 Å². The van der Waals surface area contributed by atoms with Gasteiger partial charge in [-0.15, -0.1) is 0 Å². The number of benzene rings is 7. The van der Waals surface area contributed by atoms with Gasteiger partial charge in [0.15, 0.2) is 0 Å². The Morgan fingerprint density at radius 2 is 0.843 bits per heavy atom. The van der Waals surface area contributed by atoms with Crippen molar-refractivity contribution < 1.29 is 0 Å². The summed E-state index contributed by atoms with van der Waals surface area (Å²) < 4.78 is 6.84. The minimum Gasteiger partial charge on any atom is -0.292 e. The van der Waals surface area contributed by atoms with Gasteiger partial charge in [0, 0.05) is 26.9 Å². The Morgan fingerprint density at radius 3 is 1.63 bits per heavy atom. The quantitative estimate of drug-likeness (QED) is 0.175. The Balaban J connectivity index is 1.15. The summed E-state index contributed by atoms with van der Waals surface area (Å²) in [5.74, 6) is 0.823. The Hall–Kier alpha value is -7.05. The van der Waals surface area contributed by atoms with Crippen molar-refractivity contribution in [3.8, 4) is 17.1 Å². The number of para-hydroxylation sites is 6. The molecule has 236 valence electrons. The molecule has 0 N–H and O–H groups in total. The van der Waals surface area contributed by atoms with E-state index < -0.39 is 0 Å². The van der Waals surface area contributed by atoms with Crippen molar-refractivity contribution in [2.75, 3.05) is 0 Å². The van der Waals surface area contributed by atoms with Gasteiger partial charge in [-0.3, -0.25) is 13.4 Å². The van der Waals surface area contributed by atoms with Crippen molar-refractivity contribution in [1.82, 2.24) is 28.3 Å². The molecule has 0 radical (unpaired) electrons. The number of hydrogen-bond acceptors (Lipinski definition) is 3. The fraction of sp³-hybridized carbons (Fsp3) is 0. The van der Waals surface area contributed by atoms with E-state index in [0.29, 0.717) is 0 Å². The fourth-order valence-corrected chi connectivity index (χ4v) is 8.33. The van der Waals surface area contributed by atoms with Crippen LogP contribution in [0.15, 0.2) is 158 Å². The van der Waals surface area contributed by atoms with Crippen molar-refractivity contribution >= 4 is 87.7 Å². The molecule has 0 bridgehead atoms. The van der Waals surface area contributed by atoms with Gasteiger partial charge in [-0.25, -0.2) is 15.0 Å². The van der Waals surface area contributed by atoms with Crippen LogP contribution in [0.3, 0.4) is 0 Å². The second-order valence-electron chi connectivity index (χ2n) is 13.3. The molecule has 0 aliphatic carbocycles. The zero-order valence-corrected chi connectivity index (χ0v) is 27.2. The van der Waals surface area contributed by atoms with Crippen LogP contribution in [-0.2, 0) is 0 Å². The highest BCUT2D eigenvalue weighted by Gasteiger charge is 2.21. The largest absolute Gasteiger partial charge is 0.292 e. The van der Waals surface area contributed by atoms with Gasteiger partial charge in [0.1, 0.15) is 11.3 Å². The zero-order valence-electron chi connectivity index (χ0n) is 27.2. The molecule has 0 atom stereocenters. The summed E-state index contributed by atoms with van der Waals surface area (Å²) in [7, 11) is 0. The number of nitrogens with zero attached hydrogens (tertiary/aromatic N) is 6. The van der Waals surface area contributed by atoms with E-state index in [-0.39, 0.29) is 0 Å². The SMILES string of the molecule is c1ccc2c(c1)nc(-n1c3ccccc3c3cc(-c4ccc5c6ccccc6c6nc7ccccc7n6c5c4)ccc31)n1c3ccccc3nc21. The van der Waals surface area contributed by atoms with Gasteiger partial charge >= 0.3 is 0 Å². The topological polar surface area (TPSA) is 52.4 Å². The summed E-state index contributed by atoms with van der Waals surface area (Å²) in [6.07, 6.45) is 0. The van der Waals surface area contributed by atoms with E-state index in [1.54, 1.807) is 0 Å². The second-order valence-corrected chi connectivity index (χ2v) is 13.3. The molecule has 0 saturated carbocycles. The molecular weight excluding hydrogens is 625 g/mol. The van der Waals surface area contributed by atoms with Crippen LogP contribution in [0.5, 0.6) is 0 Å². The van der Waals surface area contributed by atoms with Crippen molar-refractivity contribution in [2.45, 2.75) is 0 Å². The van der Waals surface area contributed by atoms with Crippen molar-refractivity contribution in [3.63, 3.8) is 0 Å². The lowest BCUT2D eigenvalue weighted by molar-refractivity contribution is 0.979. The number of hydrogen-bond donors (Lipinski definition) is 0. The van der Waals surface area contributed by atoms with E-state index in [1.807, 2.05) is 12.1 Å². The molecule has 12 rings (SSSR count). The summed E-state index contributed by atoms with van der Waals surface area (Å²) in [6, 6.07) is 55.9. The van der Waals surface area contributed by atoms with E-state index in [1.165, 1.54) is 21.5 Å². The Kier molecular flexibility index (Phi) is 5.14. The summed E-state index contributed by atoms with van der Waals surface area (Å²) in [5, 5.41) is 6.96. The van der Waals surface area contributed by atoms with E-state index in [4.69, 9.17) is 15.0 Å². The predicted octanol–water partition coefficient (Wildman–Crippen LogP) is 10.9. The smallest absolute Gasteiger partial charge is 0.221 e. The monoisotopic (exact) mass is 650 g/mol. The lowest BCUT2D eigenvalue weighted by Crippen LogP contribution is -2.06. The summed E-state index contributed by atoms with van der Waals surface area (Å²) in [6.45, 7) is 0. The molecule has 0 spiro atoms. The number of pyridine rings is 1. The van der Waals surface area contributed by atoms with Gasteiger partial charge in [0.2, 0.25) is 5.95 Å². The van der Waals surface area contributed by atoms with Crippen LogP contribution in [0, 0.1) is 0 Å². The predicted molar refractivity (Wildman–Crippen MR) is 209 cm³/mol. The summed E-state index contributed by atoms with van der Waals surface area (Å²) >= 11 is 0. The Labute approximate surface area is 290 Å². The summed E-state index contributed by atoms with van der Waals surface area (Å²) in [4.78, 5) is 15.6. The van der Waals surface area contributed by atoms with Crippen LogP contribution in [0.1, 0.15) is 0 Å². The highest BCUT2D eigenvalue weighted by Crippen LogP contribution is 2.38. The third kappa shape index (κ3) is 3.57. The first-order chi connectivity index (χ1) is 25.3. The molecule has 6 nitrogen and oxygen atoms in total. The highest BCUT2D eigenvalue weighted by atomic mass is 15.2. The number of rotatable bonds is 2. The van der Waals surface area contributed by atoms with Crippen LogP contribution in [0.2, 0.25) is 0 Å².